The van der Waals surface area contributed by atoms with Crippen LogP contribution in [0.15, 0.2) is 11.6 Å². The molecule has 0 saturated carbocycles. The minimum Gasteiger partial charge on any atom is -0.344 e. The molecule has 2 heterocycles. The SMILES string of the molecule is C[C@H](C[C@H](NC(=O)C[C@H](C)C(Cl)Cl)C(=O)N1CCC[C@H]1c1nccs1)C(Cl)Cl. The van der Waals surface area contributed by atoms with Gasteiger partial charge in [-0.05, 0) is 31.1 Å². The average molecular weight is 489 g/mol. The molecule has 0 aliphatic carbocycles. The maximum Gasteiger partial charge on any atom is 0.245 e. The Bertz CT molecular complexity index is 645. The lowest BCUT2D eigenvalue weighted by molar-refractivity contribution is -0.138. The lowest BCUT2D eigenvalue weighted by Gasteiger charge is -2.30. The van der Waals surface area contributed by atoms with Crippen molar-refractivity contribution in [3.8, 4) is 0 Å². The summed E-state index contributed by atoms with van der Waals surface area (Å²) in [6, 6.07) is -0.765. The number of likely N-dealkylation sites (tertiary alicyclic amines) is 1. The van der Waals surface area contributed by atoms with E-state index in [0.29, 0.717) is 13.0 Å². The Kier molecular flexibility index (Phi) is 9.61. The summed E-state index contributed by atoms with van der Waals surface area (Å²) in [4.78, 5) is 30.7. The third-order valence-corrected chi connectivity index (χ3v) is 7.48. The summed E-state index contributed by atoms with van der Waals surface area (Å²) >= 11 is 25.2. The van der Waals surface area contributed by atoms with Crippen molar-refractivity contribution in [1.29, 1.82) is 0 Å². The molecule has 1 aliphatic heterocycles. The molecule has 1 aliphatic rings. The van der Waals surface area contributed by atoms with Gasteiger partial charge in [-0.2, -0.15) is 0 Å². The van der Waals surface area contributed by atoms with Crippen molar-refractivity contribution in [3.63, 3.8) is 0 Å². The highest BCUT2D eigenvalue weighted by molar-refractivity contribution is 7.09. The summed E-state index contributed by atoms with van der Waals surface area (Å²) < 4.78 is 0. The molecule has 0 radical (unpaired) electrons. The molecule has 1 N–H and O–H groups in total. The number of aromatic nitrogens is 1. The number of alkyl halides is 4. The molecule has 28 heavy (non-hydrogen) atoms. The quantitative estimate of drug-likeness (QED) is 0.500. The summed E-state index contributed by atoms with van der Waals surface area (Å²) in [6.07, 6.45) is 3.99. The topological polar surface area (TPSA) is 62.3 Å². The van der Waals surface area contributed by atoms with Crippen LogP contribution in [-0.2, 0) is 9.59 Å². The van der Waals surface area contributed by atoms with Gasteiger partial charge in [0.25, 0.3) is 0 Å². The van der Waals surface area contributed by atoms with Crippen LogP contribution < -0.4 is 5.32 Å². The minimum atomic E-state index is -0.709. The molecule has 4 atom stereocenters. The van der Waals surface area contributed by atoms with Gasteiger partial charge >= 0.3 is 0 Å². The fourth-order valence-corrected chi connectivity index (χ4v) is 4.39. The van der Waals surface area contributed by atoms with Crippen LogP contribution in [0, 0.1) is 11.8 Å². The number of rotatable bonds is 9. The summed E-state index contributed by atoms with van der Waals surface area (Å²) in [5.41, 5.74) is 0. The van der Waals surface area contributed by atoms with Crippen molar-refractivity contribution in [2.45, 2.75) is 61.3 Å². The second kappa shape index (κ2) is 11.2. The third-order valence-electron chi connectivity index (χ3n) is 4.88. The second-order valence-corrected chi connectivity index (χ2v) is 10.5. The zero-order valence-corrected chi connectivity index (χ0v) is 19.6. The number of nitrogens with one attached hydrogen (secondary N) is 1. The maximum atomic E-state index is 13.3. The monoisotopic (exact) mass is 487 g/mol. The van der Waals surface area contributed by atoms with E-state index in [9.17, 15) is 9.59 Å². The van der Waals surface area contributed by atoms with E-state index >= 15 is 0 Å². The lowest BCUT2D eigenvalue weighted by Crippen LogP contribution is -2.49. The van der Waals surface area contributed by atoms with Crippen LogP contribution in [-0.4, -0.2) is 44.0 Å². The largest absolute Gasteiger partial charge is 0.344 e. The van der Waals surface area contributed by atoms with Crippen LogP contribution in [0.1, 0.15) is 50.6 Å². The predicted octanol–water partition coefficient (Wildman–Crippen LogP) is 4.95. The average Bonchev–Trinajstić information content (AvgIpc) is 3.30. The van der Waals surface area contributed by atoms with Crippen LogP contribution in [0.5, 0.6) is 0 Å². The Labute approximate surface area is 190 Å². The number of hydrogen-bond acceptors (Lipinski definition) is 4. The van der Waals surface area contributed by atoms with E-state index in [4.69, 9.17) is 46.4 Å². The van der Waals surface area contributed by atoms with Gasteiger partial charge in [0.2, 0.25) is 11.8 Å². The van der Waals surface area contributed by atoms with Gasteiger partial charge in [-0.1, -0.05) is 13.8 Å². The Morgan fingerprint density at radius 3 is 2.50 bits per heavy atom. The molecule has 1 aromatic rings. The molecule has 1 aromatic heterocycles. The van der Waals surface area contributed by atoms with Crippen LogP contribution in [0.3, 0.4) is 0 Å². The fourth-order valence-electron chi connectivity index (χ4n) is 3.22. The summed E-state index contributed by atoms with van der Waals surface area (Å²) in [5.74, 6) is -0.784. The Hall–Kier alpha value is -0.270. The molecule has 10 heteroatoms. The molecule has 0 spiro atoms. The molecule has 1 fully saturated rings. The number of amides is 2. The molecule has 1 saturated heterocycles. The molecule has 0 aromatic carbocycles. The van der Waals surface area contributed by atoms with Crippen LogP contribution in [0.2, 0.25) is 0 Å². The molecule has 5 nitrogen and oxygen atoms in total. The standard InChI is InChI=1S/C18H25Cl4N3O2S/c1-10(15(19)20)8-12(24-14(26)9-11(2)16(21)22)18(27)25-6-3-4-13(25)17-23-5-7-28-17/h5,7,10-13,15-16H,3-4,6,8-9H2,1-2H3,(H,24,26)/t10-,11+,12+,13+/m1/s1. The summed E-state index contributed by atoms with van der Waals surface area (Å²) in [5, 5.41) is 5.67. The maximum absolute atomic E-state index is 13.3. The molecule has 2 rings (SSSR count). The number of carbonyl (C=O) groups is 2. The molecule has 2 amide bonds. The molecular weight excluding hydrogens is 464 g/mol. The van der Waals surface area contributed by atoms with E-state index in [1.165, 1.54) is 11.3 Å². The van der Waals surface area contributed by atoms with Crippen molar-refractivity contribution in [2.24, 2.45) is 11.8 Å². The highest BCUT2D eigenvalue weighted by Gasteiger charge is 2.37. The minimum absolute atomic E-state index is 0.0565. The Morgan fingerprint density at radius 1 is 1.25 bits per heavy atom. The molecule has 158 valence electrons. The van der Waals surface area contributed by atoms with E-state index in [1.54, 1.807) is 13.1 Å². The van der Waals surface area contributed by atoms with Gasteiger partial charge in [-0.15, -0.1) is 57.7 Å². The first-order valence-corrected chi connectivity index (χ1v) is 11.9. The van der Waals surface area contributed by atoms with Gasteiger partial charge in [0, 0.05) is 24.5 Å². The highest BCUT2D eigenvalue weighted by atomic mass is 35.5. The first-order chi connectivity index (χ1) is 13.2. The van der Waals surface area contributed by atoms with Gasteiger partial charge in [0.1, 0.15) is 20.7 Å². The van der Waals surface area contributed by atoms with Crippen molar-refractivity contribution >= 4 is 69.6 Å². The van der Waals surface area contributed by atoms with E-state index in [2.05, 4.69) is 10.3 Å². The first kappa shape index (κ1) is 24.0. The predicted molar refractivity (Wildman–Crippen MR) is 116 cm³/mol. The van der Waals surface area contributed by atoms with Crippen molar-refractivity contribution in [3.05, 3.63) is 16.6 Å². The number of hydrogen-bond donors (Lipinski definition) is 1. The molecular formula is C18H25Cl4N3O2S. The zero-order valence-electron chi connectivity index (χ0n) is 15.8. The number of thiazole rings is 1. The van der Waals surface area contributed by atoms with Crippen LogP contribution >= 0.6 is 57.7 Å². The van der Waals surface area contributed by atoms with E-state index in [0.717, 1.165) is 17.8 Å². The zero-order chi connectivity index (χ0) is 20.8. The van der Waals surface area contributed by atoms with Crippen molar-refractivity contribution in [2.75, 3.05) is 6.54 Å². The fraction of sp³-hybridized carbons (Fsp3) is 0.722. The van der Waals surface area contributed by atoms with Gasteiger partial charge in [-0.3, -0.25) is 9.59 Å². The smallest absolute Gasteiger partial charge is 0.245 e. The van der Waals surface area contributed by atoms with Gasteiger partial charge in [0.15, 0.2) is 0 Å². The summed E-state index contributed by atoms with van der Waals surface area (Å²) in [7, 11) is 0. The van der Waals surface area contributed by atoms with Gasteiger partial charge in [-0.25, -0.2) is 4.98 Å². The van der Waals surface area contributed by atoms with Crippen molar-refractivity contribution in [1.82, 2.24) is 15.2 Å². The molecule has 0 bridgehead atoms. The number of halogens is 4. The van der Waals surface area contributed by atoms with Gasteiger partial charge in [0.05, 0.1) is 6.04 Å². The number of carbonyl (C=O) groups excluding carboxylic acids is 2. The Morgan fingerprint density at radius 2 is 1.93 bits per heavy atom. The van der Waals surface area contributed by atoms with E-state index in [1.807, 2.05) is 17.2 Å². The van der Waals surface area contributed by atoms with Crippen molar-refractivity contribution < 1.29 is 9.59 Å². The third kappa shape index (κ3) is 6.63. The van der Waals surface area contributed by atoms with E-state index < -0.39 is 15.7 Å². The van der Waals surface area contributed by atoms with Gasteiger partial charge < -0.3 is 10.2 Å². The normalized spacial score (nSPS) is 20.4. The van der Waals surface area contributed by atoms with Crippen LogP contribution in [0.25, 0.3) is 0 Å². The Balaban J connectivity index is 2.13. The van der Waals surface area contributed by atoms with Crippen LogP contribution in [0.4, 0.5) is 0 Å². The number of nitrogens with zero attached hydrogens (tertiary/aromatic N) is 2. The first-order valence-electron chi connectivity index (χ1n) is 9.26. The van der Waals surface area contributed by atoms with E-state index in [-0.39, 0.29) is 36.1 Å². The lowest BCUT2D eigenvalue weighted by atomic mass is 10.0. The highest BCUT2D eigenvalue weighted by Crippen LogP contribution is 2.34. The molecule has 0 unspecified atom stereocenters. The second-order valence-electron chi connectivity index (χ2n) is 7.24. The summed E-state index contributed by atoms with van der Waals surface area (Å²) in [6.45, 7) is 4.28.